The van der Waals surface area contributed by atoms with E-state index in [-0.39, 0.29) is 23.3 Å². The highest BCUT2D eigenvalue weighted by atomic mass is 32.2. The summed E-state index contributed by atoms with van der Waals surface area (Å²) in [6.07, 6.45) is 2.02. The summed E-state index contributed by atoms with van der Waals surface area (Å²) >= 11 is 1.71. The van der Waals surface area contributed by atoms with Crippen LogP contribution in [0.15, 0.2) is 0 Å². The van der Waals surface area contributed by atoms with Gasteiger partial charge in [-0.05, 0) is 18.6 Å². The molecule has 1 fully saturated rings. The van der Waals surface area contributed by atoms with Crippen molar-refractivity contribution in [3.63, 3.8) is 0 Å². The Morgan fingerprint density at radius 1 is 1.39 bits per heavy atom. The molecule has 18 heavy (non-hydrogen) atoms. The van der Waals surface area contributed by atoms with Crippen LogP contribution in [0.3, 0.4) is 0 Å². The molecule has 1 aliphatic rings. The molecule has 1 N–H and O–H groups in total. The van der Waals surface area contributed by atoms with E-state index in [1.54, 1.807) is 23.6 Å². The lowest BCUT2D eigenvalue weighted by atomic mass is 9.84. The molecule has 1 aliphatic heterocycles. The number of rotatable bonds is 3. The fourth-order valence-corrected chi connectivity index (χ4v) is 2.32. The van der Waals surface area contributed by atoms with Crippen molar-refractivity contribution >= 4 is 23.6 Å². The molecule has 0 radical (unpaired) electrons. The highest BCUT2D eigenvalue weighted by Crippen LogP contribution is 2.25. The third-order valence-corrected chi connectivity index (χ3v) is 4.34. The van der Waals surface area contributed by atoms with Gasteiger partial charge in [-0.15, -0.1) is 0 Å². The van der Waals surface area contributed by atoms with Crippen LogP contribution in [0, 0.1) is 5.41 Å². The van der Waals surface area contributed by atoms with Gasteiger partial charge in [-0.25, -0.2) is 0 Å². The van der Waals surface area contributed by atoms with Crippen molar-refractivity contribution in [2.45, 2.75) is 52.0 Å². The zero-order valence-corrected chi connectivity index (χ0v) is 12.9. The van der Waals surface area contributed by atoms with Gasteiger partial charge in [-0.2, -0.15) is 11.8 Å². The van der Waals surface area contributed by atoms with Crippen LogP contribution in [-0.2, 0) is 9.59 Å². The third-order valence-electron chi connectivity index (χ3n) is 3.39. The number of carbonyl (C=O) groups excluding carboxylic acids is 2. The summed E-state index contributed by atoms with van der Waals surface area (Å²) < 4.78 is 0. The molecule has 104 valence electrons. The molecular weight excluding hydrogens is 248 g/mol. The van der Waals surface area contributed by atoms with Gasteiger partial charge in [0, 0.05) is 11.8 Å². The fourth-order valence-electron chi connectivity index (χ4n) is 2.01. The summed E-state index contributed by atoms with van der Waals surface area (Å²) in [7, 11) is 0. The van der Waals surface area contributed by atoms with E-state index in [9.17, 15) is 9.59 Å². The summed E-state index contributed by atoms with van der Waals surface area (Å²) in [5.74, 6) is -0.0154. The molecule has 3 atom stereocenters. The maximum atomic E-state index is 12.5. The summed E-state index contributed by atoms with van der Waals surface area (Å²) in [6, 6.07) is -0.791. The molecule has 4 nitrogen and oxygen atoms in total. The van der Waals surface area contributed by atoms with E-state index in [0.29, 0.717) is 11.8 Å². The van der Waals surface area contributed by atoms with Crippen molar-refractivity contribution in [1.29, 1.82) is 0 Å². The standard InChI is InChI=1S/C13H24N2O2S/c1-8(18-6)7-15-9(2)11(16)14-10(12(15)17)13(3,4)5/h8-10H,7H2,1-6H3,(H,14,16). The first-order valence-corrected chi connectivity index (χ1v) is 7.61. The van der Waals surface area contributed by atoms with E-state index >= 15 is 0 Å². The van der Waals surface area contributed by atoms with Gasteiger partial charge in [-0.3, -0.25) is 9.59 Å². The molecular formula is C13H24N2O2S. The van der Waals surface area contributed by atoms with E-state index in [1.807, 2.05) is 27.0 Å². The van der Waals surface area contributed by atoms with Crippen LogP contribution in [0.25, 0.3) is 0 Å². The van der Waals surface area contributed by atoms with Gasteiger partial charge < -0.3 is 10.2 Å². The van der Waals surface area contributed by atoms with Crippen LogP contribution in [0.2, 0.25) is 0 Å². The number of nitrogens with one attached hydrogen (secondary N) is 1. The van der Waals surface area contributed by atoms with Gasteiger partial charge in [0.1, 0.15) is 12.1 Å². The van der Waals surface area contributed by atoms with Crippen molar-refractivity contribution < 1.29 is 9.59 Å². The zero-order valence-electron chi connectivity index (χ0n) is 12.1. The van der Waals surface area contributed by atoms with Gasteiger partial charge in [0.2, 0.25) is 11.8 Å². The molecule has 0 spiro atoms. The van der Waals surface area contributed by atoms with Crippen molar-refractivity contribution in [3.05, 3.63) is 0 Å². The molecule has 0 bridgehead atoms. The highest BCUT2D eigenvalue weighted by molar-refractivity contribution is 7.99. The first kappa shape index (κ1) is 15.3. The molecule has 0 aromatic rings. The monoisotopic (exact) mass is 272 g/mol. The number of thioether (sulfide) groups is 1. The molecule has 3 unspecified atom stereocenters. The molecule has 1 saturated heterocycles. The Morgan fingerprint density at radius 3 is 2.39 bits per heavy atom. The second kappa shape index (κ2) is 5.51. The van der Waals surface area contributed by atoms with Gasteiger partial charge in [0.25, 0.3) is 0 Å². The second-order valence-electron chi connectivity index (χ2n) is 6.02. The van der Waals surface area contributed by atoms with E-state index in [4.69, 9.17) is 0 Å². The first-order valence-electron chi connectivity index (χ1n) is 6.32. The van der Waals surface area contributed by atoms with Crippen LogP contribution in [0.4, 0.5) is 0 Å². The summed E-state index contributed by atoms with van der Waals surface area (Å²) in [6.45, 7) is 10.4. The van der Waals surface area contributed by atoms with Crippen molar-refractivity contribution in [3.8, 4) is 0 Å². The predicted molar refractivity (Wildman–Crippen MR) is 75.5 cm³/mol. The Kier molecular flexibility index (Phi) is 4.70. The van der Waals surface area contributed by atoms with Crippen molar-refractivity contribution in [1.82, 2.24) is 10.2 Å². The van der Waals surface area contributed by atoms with Crippen LogP contribution >= 0.6 is 11.8 Å². The SMILES string of the molecule is CSC(C)CN1C(=O)C(C(C)(C)C)NC(=O)C1C. The summed E-state index contributed by atoms with van der Waals surface area (Å²) in [4.78, 5) is 26.2. The normalized spacial score (nSPS) is 27.1. The number of piperazine rings is 1. The lowest BCUT2D eigenvalue weighted by Gasteiger charge is -2.42. The highest BCUT2D eigenvalue weighted by Gasteiger charge is 2.43. The number of hydrogen-bond donors (Lipinski definition) is 1. The minimum atomic E-state index is -0.421. The smallest absolute Gasteiger partial charge is 0.246 e. The van der Waals surface area contributed by atoms with Gasteiger partial charge in [0.05, 0.1) is 0 Å². The molecule has 1 rings (SSSR count). The second-order valence-corrected chi connectivity index (χ2v) is 7.30. The van der Waals surface area contributed by atoms with Crippen molar-refractivity contribution in [2.24, 2.45) is 5.41 Å². The maximum Gasteiger partial charge on any atom is 0.246 e. The third kappa shape index (κ3) is 3.19. The van der Waals surface area contributed by atoms with Crippen LogP contribution in [-0.4, -0.2) is 46.8 Å². The quantitative estimate of drug-likeness (QED) is 0.847. The zero-order chi connectivity index (χ0) is 14.1. The first-order chi connectivity index (χ1) is 8.18. The number of carbonyl (C=O) groups is 2. The predicted octanol–water partition coefficient (Wildman–Crippen LogP) is 1.50. The molecule has 0 aromatic carbocycles. The van der Waals surface area contributed by atoms with E-state index in [2.05, 4.69) is 12.2 Å². The Labute approximate surface area is 114 Å². The Bertz CT molecular complexity index is 338. The van der Waals surface area contributed by atoms with Gasteiger partial charge in [-0.1, -0.05) is 27.7 Å². The topological polar surface area (TPSA) is 49.4 Å². The minimum absolute atomic E-state index is 0.0375. The van der Waals surface area contributed by atoms with Gasteiger partial charge >= 0.3 is 0 Å². The van der Waals surface area contributed by atoms with E-state index in [0.717, 1.165) is 0 Å². The molecule has 0 aliphatic carbocycles. The number of hydrogen-bond acceptors (Lipinski definition) is 3. The Balaban J connectivity index is 2.93. The molecule has 2 amide bonds. The fraction of sp³-hybridized carbons (Fsp3) is 0.846. The molecule has 5 heteroatoms. The molecule has 0 saturated carbocycles. The molecule has 1 heterocycles. The largest absolute Gasteiger partial charge is 0.342 e. The summed E-state index contributed by atoms with van der Waals surface area (Å²) in [5, 5.41) is 3.18. The lowest BCUT2D eigenvalue weighted by Crippen LogP contribution is -2.66. The Morgan fingerprint density at radius 2 is 1.94 bits per heavy atom. The van der Waals surface area contributed by atoms with Crippen molar-refractivity contribution in [2.75, 3.05) is 12.8 Å². The number of nitrogens with zero attached hydrogens (tertiary/aromatic N) is 1. The van der Waals surface area contributed by atoms with Gasteiger partial charge in [0.15, 0.2) is 0 Å². The van der Waals surface area contributed by atoms with Crippen LogP contribution in [0.1, 0.15) is 34.6 Å². The Hall–Kier alpha value is -0.710. The maximum absolute atomic E-state index is 12.5. The van der Waals surface area contributed by atoms with E-state index in [1.165, 1.54) is 0 Å². The van der Waals surface area contributed by atoms with Crippen LogP contribution < -0.4 is 5.32 Å². The molecule has 0 aromatic heterocycles. The number of amides is 2. The minimum Gasteiger partial charge on any atom is -0.342 e. The summed E-state index contributed by atoms with van der Waals surface area (Å²) in [5.41, 5.74) is -0.256. The average molecular weight is 272 g/mol. The average Bonchev–Trinajstić information content (AvgIpc) is 2.27. The van der Waals surface area contributed by atoms with Crippen LogP contribution in [0.5, 0.6) is 0 Å². The van der Waals surface area contributed by atoms with E-state index < -0.39 is 6.04 Å². The lowest BCUT2D eigenvalue weighted by molar-refractivity contribution is -0.151.